The Bertz CT molecular complexity index is 427. The number of benzene rings is 1. The third-order valence-corrected chi connectivity index (χ3v) is 3.79. The van der Waals surface area contributed by atoms with Crippen molar-refractivity contribution in [3.05, 3.63) is 34.9 Å². The lowest BCUT2D eigenvalue weighted by molar-refractivity contribution is -0.137. The maximum atomic E-state index is 12.6. The smallest absolute Gasteiger partial charge is 0.388 e. The molecule has 0 aliphatic rings. The average Bonchev–Trinajstić information content (AvgIpc) is 2.41. The summed E-state index contributed by atoms with van der Waals surface area (Å²) in [5, 5.41) is 10.1. The van der Waals surface area contributed by atoms with Crippen molar-refractivity contribution in [2.24, 2.45) is 0 Å². The van der Waals surface area contributed by atoms with E-state index >= 15 is 0 Å². The van der Waals surface area contributed by atoms with Crippen LogP contribution in [0.5, 0.6) is 0 Å². The second kappa shape index (κ2) is 8.42. The van der Waals surface area contributed by atoms with Crippen LogP contribution in [0.1, 0.15) is 74.7 Å². The van der Waals surface area contributed by atoms with E-state index in [2.05, 4.69) is 6.92 Å². The molecule has 1 unspecified atom stereocenters. The van der Waals surface area contributed by atoms with Crippen molar-refractivity contribution < 1.29 is 18.3 Å². The fourth-order valence-corrected chi connectivity index (χ4v) is 2.50. The van der Waals surface area contributed by atoms with Crippen LogP contribution in [0, 0.1) is 6.92 Å². The summed E-state index contributed by atoms with van der Waals surface area (Å²) in [7, 11) is 0. The predicted molar refractivity (Wildman–Crippen MR) is 79.1 cm³/mol. The maximum absolute atomic E-state index is 12.6. The average molecular weight is 302 g/mol. The van der Waals surface area contributed by atoms with E-state index in [4.69, 9.17) is 0 Å². The minimum absolute atomic E-state index is 0.503. The number of aliphatic hydroxyl groups excluding tert-OH is 1. The van der Waals surface area contributed by atoms with Crippen LogP contribution in [0.4, 0.5) is 13.2 Å². The van der Waals surface area contributed by atoms with Crippen LogP contribution >= 0.6 is 0 Å². The standard InChI is InChI=1S/C17H25F3O/c1-3-4-5-6-7-8-9-16(21)15-11-10-14(12-13(15)2)17(18,19)20/h10-12,16,21H,3-9H2,1-2H3. The highest BCUT2D eigenvalue weighted by Gasteiger charge is 2.30. The molecule has 1 nitrogen and oxygen atoms in total. The van der Waals surface area contributed by atoms with E-state index in [0.29, 0.717) is 17.5 Å². The molecule has 0 aromatic heterocycles. The van der Waals surface area contributed by atoms with Crippen LogP contribution < -0.4 is 0 Å². The van der Waals surface area contributed by atoms with Crippen molar-refractivity contribution in [3.63, 3.8) is 0 Å². The van der Waals surface area contributed by atoms with Gasteiger partial charge in [0.1, 0.15) is 0 Å². The molecule has 0 spiro atoms. The largest absolute Gasteiger partial charge is 0.416 e. The Hall–Kier alpha value is -1.03. The first-order valence-electron chi connectivity index (χ1n) is 7.72. The lowest BCUT2D eigenvalue weighted by Gasteiger charge is -2.16. The Morgan fingerprint density at radius 2 is 1.67 bits per heavy atom. The Morgan fingerprint density at radius 3 is 2.24 bits per heavy atom. The van der Waals surface area contributed by atoms with Crippen molar-refractivity contribution >= 4 is 0 Å². The van der Waals surface area contributed by atoms with Gasteiger partial charge in [0.25, 0.3) is 0 Å². The van der Waals surface area contributed by atoms with E-state index in [1.54, 1.807) is 6.92 Å². The molecule has 1 atom stereocenters. The zero-order valence-corrected chi connectivity index (χ0v) is 12.8. The van der Waals surface area contributed by atoms with Crippen LogP contribution in [0.15, 0.2) is 18.2 Å². The number of aliphatic hydroxyl groups is 1. The van der Waals surface area contributed by atoms with Crippen molar-refractivity contribution in [2.45, 2.75) is 71.1 Å². The third-order valence-electron chi connectivity index (χ3n) is 3.79. The second-order valence-corrected chi connectivity index (χ2v) is 5.64. The molecule has 1 aromatic carbocycles. The van der Waals surface area contributed by atoms with Gasteiger partial charge >= 0.3 is 6.18 Å². The lowest BCUT2D eigenvalue weighted by Crippen LogP contribution is -2.07. The van der Waals surface area contributed by atoms with Crippen LogP contribution in [-0.2, 0) is 6.18 Å². The summed E-state index contributed by atoms with van der Waals surface area (Å²) in [6.45, 7) is 3.78. The SMILES string of the molecule is CCCCCCCCC(O)c1ccc(C(F)(F)F)cc1C. The zero-order chi connectivity index (χ0) is 15.9. The number of halogens is 3. The van der Waals surface area contributed by atoms with Crippen molar-refractivity contribution in [1.29, 1.82) is 0 Å². The van der Waals surface area contributed by atoms with Gasteiger partial charge in [-0.25, -0.2) is 0 Å². The topological polar surface area (TPSA) is 20.2 Å². The summed E-state index contributed by atoms with van der Waals surface area (Å²) >= 11 is 0. The van der Waals surface area contributed by atoms with Crippen LogP contribution in [0.25, 0.3) is 0 Å². The molecule has 1 rings (SSSR count). The summed E-state index contributed by atoms with van der Waals surface area (Å²) in [6.07, 6.45) is 2.40. The fraction of sp³-hybridized carbons (Fsp3) is 0.647. The van der Waals surface area contributed by atoms with Crippen molar-refractivity contribution in [1.82, 2.24) is 0 Å². The van der Waals surface area contributed by atoms with E-state index in [-0.39, 0.29) is 0 Å². The first-order chi connectivity index (χ1) is 9.86. The molecule has 0 radical (unpaired) electrons. The highest BCUT2D eigenvalue weighted by atomic mass is 19.4. The second-order valence-electron chi connectivity index (χ2n) is 5.64. The highest BCUT2D eigenvalue weighted by molar-refractivity contribution is 5.33. The number of aryl methyl sites for hydroxylation is 1. The number of hydrogen-bond acceptors (Lipinski definition) is 1. The molecule has 1 aromatic rings. The van der Waals surface area contributed by atoms with E-state index in [9.17, 15) is 18.3 Å². The van der Waals surface area contributed by atoms with Gasteiger partial charge in [0.15, 0.2) is 0 Å². The molecule has 0 saturated heterocycles. The molecule has 120 valence electrons. The third kappa shape index (κ3) is 6.08. The number of rotatable bonds is 8. The molecule has 0 heterocycles. The van der Waals surface area contributed by atoms with Gasteiger partial charge in [0.05, 0.1) is 11.7 Å². The molecular weight excluding hydrogens is 277 g/mol. The lowest BCUT2D eigenvalue weighted by atomic mass is 9.96. The number of unbranched alkanes of at least 4 members (excludes halogenated alkanes) is 5. The van der Waals surface area contributed by atoms with E-state index < -0.39 is 17.8 Å². The molecule has 0 bridgehead atoms. The molecule has 21 heavy (non-hydrogen) atoms. The molecule has 1 N–H and O–H groups in total. The Kier molecular flexibility index (Phi) is 7.23. The number of alkyl halides is 3. The zero-order valence-electron chi connectivity index (χ0n) is 12.8. The summed E-state index contributed by atoms with van der Waals surface area (Å²) in [4.78, 5) is 0. The molecule has 0 amide bonds. The summed E-state index contributed by atoms with van der Waals surface area (Å²) in [5.74, 6) is 0. The molecule has 0 saturated carbocycles. The highest BCUT2D eigenvalue weighted by Crippen LogP contribution is 2.32. The monoisotopic (exact) mass is 302 g/mol. The first-order valence-corrected chi connectivity index (χ1v) is 7.72. The number of hydrogen-bond donors (Lipinski definition) is 1. The van der Waals surface area contributed by atoms with E-state index in [1.807, 2.05) is 0 Å². The van der Waals surface area contributed by atoms with Gasteiger partial charge in [-0.05, 0) is 36.6 Å². The quantitative estimate of drug-likeness (QED) is 0.602. The minimum Gasteiger partial charge on any atom is -0.388 e. The predicted octanol–water partition coefficient (Wildman–Crippen LogP) is 5.80. The van der Waals surface area contributed by atoms with Crippen LogP contribution in [0.2, 0.25) is 0 Å². The van der Waals surface area contributed by atoms with E-state index in [0.717, 1.165) is 31.4 Å². The van der Waals surface area contributed by atoms with E-state index in [1.165, 1.54) is 25.3 Å². The maximum Gasteiger partial charge on any atom is 0.416 e. The molecule has 4 heteroatoms. The van der Waals surface area contributed by atoms with Gasteiger partial charge in [-0.1, -0.05) is 51.5 Å². The summed E-state index contributed by atoms with van der Waals surface area (Å²) in [6, 6.07) is 3.56. The summed E-state index contributed by atoms with van der Waals surface area (Å²) in [5.41, 5.74) is 0.454. The normalized spacial score (nSPS) is 13.4. The fourth-order valence-electron chi connectivity index (χ4n) is 2.50. The Labute approximate surface area is 125 Å². The van der Waals surface area contributed by atoms with Crippen LogP contribution in [0.3, 0.4) is 0 Å². The van der Waals surface area contributed by atoms with Crippen LogP contribution in [-0.4, -0.2) is 5.11 Å². The van der Waals surface area contributed by atoms with Gasteiger partial charge < -0.3 is 5.11 Å². The Balaban J connectivity index is 2.49. The van der Waals surface area contributed by atoms with Crippen molar-refractivity contribution in [3.8, 4) is 0 Å². The molecule has 0 aliphatic carbocycles. The van der Waals surface area contributed by atoms with Gasteiger partial charge in [-0.15, -0.1) is 0 Å². The molecule has 0 aliphatic heterocycles. The molecular formula is C17H25F3O. The Morgan fingerprint density at radius 1 is 1.05 bits per heavy atom. The van der Waals surface area contributed by atoms with Gasteiger partial charge in [0.2, 0.25) is 0 Å². The summed E-state index contributed by atoms with van der Waals surface area (Å²) < 4.78 is 37.8. The molecule has 0 fully saturated rings. The van der Waals surface area contributed by atoms with Gasteiger partial charge in [-0.3, -0.25) is 0 Å². The van der Waals surface area contributed by atoms with Crippen molar-refractivity contribution in [2.75, 3.05) is 0 Å². The minimum atomic E-state index is -4.33. The first kappa shape index (κ1) is 18.0. The van der Waals surface area contributed by atoms with Gasteiger partial charge in [-0.2, -0.15) is 13.2 Å². The van der Waals surface area contributed by atoms with Gasteiger partial charge in [0, 0.05) is 0 Å².